The van der Waals surface area contributed by atoms with E-state index in [1.165, 1.54) is 14.6 Å². The van der Waals surface area contributed by atoms with Crippen molar-refractivity contribution >= 4 is 27.5 Å². The predicted molar refractivity (Wildman–Crippen MR) is 99.6 cm³/mol. The van der Waals surface area contributed by atoms with Crippen molar-refractivity contribution < 1.29 is 9.69 Å². The van der Waals surface area contributed by atoms with Crippen molar-refractivity contribution in [1.29, 1.82) is 5.26 Å². The summed E-state index contributed by atoms with van der Waals surface area (Å²) in [6.07, 6.45) is 2.24. The minimum atomic E-state index is -0.765. The van der Waals surface area contributed by atoms with Crippen LogP contribution in [0.2, 0.25) is 0 Å². The first-order chi connectivity index (χ1) is 11.9. The fourth-order valence-electron chi connectivity index (χ4n) is 3.31. The molecule has 1 aliphatic rings. The number of piperidine rings is 1. The Balaban J connectivity index is 1.67. The maximum Gasteiger partial charge on any atom is 0.278 e. The standard InChI is InChI=1S/C19H24N4OS/c1-19(2,13-20)22(3)17(24)12-23-10-6-7-14(11-23)18-21-15-8-4-5-9-16(15)25-18/h4-5,8-9,14H,6-7,10-12H2,1-3H3/p+1/t14-/m1/s1. The van der Waals surface area contributed by atoms with Crippen LogP contribution in [0.3, 0.4) is 0 Å². The number of nitrogens with one attached hydrogen (secondary N) is 1. The van der Waals surface area contributed by atoms with E-state index < -0.39 is 5.54 Å². The van der Waals surface area contributed by atoms with Gasteiger partial charge in [0.05, 0.1) is 35.3 Å². The van der Waals surface area contributed by atoms with Gasteiger partial charge in [-0.3, -0.25) is 4.79 Å². The van der Waals surface area contributed by atoms with Crippen molar-refractivity contribution in [3.8, 4) is 6.07 Å². The molecule has 0 aliphatic carbocycles. The Morgan fingerprint density at radius 2 is 2.24 bits per heavy atom. The molecule has 1 amide bonds. The minimum Gasteiger partial charge on any atom is -0.327 e. The Morgan fingerprint density at radius 3 is 2.96 bits per heavy atom. The molecule has 0 saturated carbocycles. The summed E-state index contributed by atoms with van der Waals surface area (Å²) >= 11 is 1.78. The van der Waals surface area contributed by atoms with Crippen molar-refractivity contribution in [3.63, 3.8) is 0 Å². The number of carbonyl (C=O) groups is 1. The Bertz CT molecular complexity index is 774. The van der Waals surface area contributed by atoms with Crippen LogP contribution in [-0.2, 0) is 4.79 Å². The quantitative estimate of drug-likeness (QED) is 0.908. The number of thiazole rings is 1. The molecule has 0 radical (unpaired) electrons. The zero-order chi connectivity index (χ0) is 18.0. The van der Waals surface area contributed by atoms with Crippen LogP contribution in [0.25, 0.3) is 10.2 Å². The number of amides is 1. The van der Waals surface area contributed by atoms with E-state index in [-0.39, 0.29) is 5.91 Å². The van der Waals surface area contributed by atoms with Crippen molar-refractivity contribution in [2.24, 2.45) is 0 Å². The van der Waals surface area contributed by atoms with E-state index >= 15 is 0 Å². The lowest BCUT2D eigenvalue weighted by atomic mass is 9.98. The molecule has 0 bridgehead atoms. The second-order valence-electron chi connectivity index (χ2n) is 7.36. The average Bonchev–Trinajstić information content (AvgIpc) is 3.05. The van der Waals surface area contributed by atoms with Crippen molar-refractivity contribution in [3.05, 3.63) is 29.3 Å². The normalized spacial score (nSPS) is 21.0. The van der Waals surface area contributed by atoms with E-state index in [1.54, 1.807) is 37.1 Å². The lowest BCUT2D eigenvalue weighted by molar-refractivity contribution is -0.898. The van der Waals surface area contributed by atoms with Crippen molar-refractivity contribution in [1.82, 2.24) is 9.88 Å². The molecule has 1 aromatic heterocycles. The Labute approximate surface area is 152 Å². The fourth-order valence-corrected chi connectivity index (χ4v) is 4.41. The number of likely N-dealkylation sites (N-methyl/N-ethyl adjacent to an activating group) is 1. The molecule has 2 atom stereocenters. The molecule has 1 fully saturated rings. The van der Waals surface area contributed by atoms with E-state index in [0.717, 1.165) is 31.4 Å². The van der Waals surface area contributed by atoms with Crippen LogP contribution in [0, 0.1) is 11.3 Å². The molecule has 1 N–H and O–H groups in total. The number of carbonyl (C=O) groups excluding carboxylic acids is 1. The highest BCUT2D eigenvalue weighted by Crippen LogP contribution is 2.30. The number of likely N-dealkylation sites (tertiary alicyclic amines) is 1. The van der Waals surface area contributed by atoms with Crippen LogP contribution < -0.4 is 4.90 Å². The van der Waals surface area contributed by atoms with Crippen LogP contribution in [-0.4, -0.2) is 48.0 Å². The van der Waals surface area contributed by atoms with E-state index in [9.17, 15) is 10.1 Å². The first-order valence-corrected chi connectivity index (χ1v) is 9.59. The van der Waals surface area contributed by atoms with Gasteiger partial charge < -0.3 is 9.80 Å². The van der Waals surface area contributed by atoms with Gasteiger partial charge in [-0.1, -0.05) is 12.1 Å². The number of nitriles is 1. The van der Waals surface area contributed by atoms with Crippen LogP contribution in [0.5, 0.6) is 0 Å². The summed E-state index contributed by atoms with van der Waals surface area (Å²) in [6.45, 7) is 5.95. The number of hydrogen-bond donors (Lipinski definition) is 1. The molecule has 1 saturated heterocycles. The summed E-state index contributed by atoms with van der Waals surface area (Å²) in [7, 11) is 1.72. The zero-order valence-corrected chi connectivity index (χ0v) is 15.9. The van der Waals surface area contributed by atoms with Gasteiger partial charge in [-0.15, -0.1) is 11.3 Å². The SMILES string of the molecule is CN(C(=O)C[NH+]1CCC[C@@H](c2nc3ccccc3s2)C1)C(C)(C)C#N. The van der Waals surface area contributed by atoms with Gasteiger partial charge in [-0.25, -0.2) is 4.98 Å². The molecule has 5 nitrogen and oxygen atoms in total. The lowest BCUT2D eigenvalue weighted by Gasteiger charge is -2.33. The van der Waals surface area contributed by atoms with Crippen molar-refractivity contribution in [2.45, 2.75) is 38.1 Å². The van der Waals surface area contributed by atoms with Crippen LogP contribution >= 0.6 is 11.3 Å². The van der Waals surface area contributed by atoms with Gasteiger partial charge in [-0.05, 0) is 38.8 Å². The highest BCUT2D eigenvalue weighted by molar-refractivity contribution is 7.18. The van der Waals surface area contributed by atoms with Gasteiger partial charge in [0.2, 0.25) is 0 Å². The molecule has 1 aliphatic heterocycles. The maximum atomic E-state index is 12.5. The minimum absolute atomic E-state index is 0.0338. The monoisotopic (exact) mass is 357 g/mol. The van der Waals surface area contributed by atoms with Gasteiger partial charge in [0.25, 0.3) is 5.91 Å². The third-order valence-electron chi connectivity index (χ3n) is 5.17. The summed E-state index contributed by atoms with van der Waals surface area (Å²) in [4.78, 5) is 20.2. The number of benzene rings is 1. The molecule has 0 spiro atoms. The number of hydrogen-bond acceptors (Lipinski definition) is 4. The summed E-state index contributed by atoms with van der Waals surface area (Å²) in [6, 6.07) is 10.4. The van der Waals surface area contributed by atoms with Crippen LogP contribution in [0.1, 0.15) is 37.6 Å². The summed E-state index contributed by atoms with van der Waals surface area (Å²) < 4.78 is 1.23. The van der Waals surface area contributed by atoms with Crippen LogP contribution in [0.15, 0.2) is 24.3 Å². The van der Waals surface area contributed by atoms with Gasteiger partial charge in [0, 0.05) is 7.05 Å². The highest BCUT2D eigenvalue weighted by atomic mass is 32.1. The van der Waals surface area contributed by atoms with Gasteiger partial charge in [-0.2, -0.15) is 5.26 Å². The molecule has 2 aromatic rings. The highest BCUT2D eigenvalue weighted by Gasteiger charge is 2.32. The number of fused-ring (bicyclic) bond motifs is 1. The Kier molecular flexibility index (Phi) is 5.07. The maximum absolute atomic E-state index is 12.5. The zero-order valence-electron chi connectivity index (χ0n) is 15.1. The number of para-hydroxylation sites is 1. The average molecular weight is 358 g/mol. The van der Waals surface area contributed by atoms with E-state index in [0.29, 0.717) is 12.5 Å². The lowest BCUT2D eigenvalue weighted by Crippen LogP contribution is -3.14. The van der Waals surface area contributed by atoms with Gasteiger partial charge >= 0.3 is 0 Å². The smallest absolute Gasteiger partial charge is 0.278 e. The molecule has 132 valence electrons. The molecule has 1 aromatic carbocycles. The van der Waals surface area contributed by atoms with Crippen LogP contribution in [0.4, 0.5) is 0 Å². The first kappa shape index (κ1) is 17.8. The summed E-state index contributed by atoms with van der Waals surface area (Å²) in [5.41, 5.74) is 0.305. The number of nitrogens with zero attached hydrogens (tertiary/aromatic N) is 3. The number of aromatic nitrogens is 1. The van der Waals surface area contributed by atoms with Gasteiger partial charge in [0.1, 0.15) is 10.5 Å². The molecular formula is C19H25N4OS+. The van der Waals surface area contributed by atoms with E-state index in [4.69, 9.17) is 4.98 Å². The molecule has 2 heterocycles. The summed E-state index contributed by atoms with van der Waals surface area (Å²) in [5.74, 6) is 0.453. The Morgan fingerprint density at radius 1 is 1.48 bits per heavy atom. The molecule has 1 unspecified atom stereocenters. The molecule has 6 heteroatoms. The largest absolute Gasteiger partial charge is 0.327 e. The summed E-state index contributed by atoms with van der Waals surface area (Å²) in [5, 5.41) is 10.4. The fraction of sp³-hybridized carbons (Fsp3) is 0.526. The van der Waals surface area contributed by atoms with E-state index in [2.05, 4.69) is 18.2 Å². The second kappa shape index (κ2) is 7.11. The number of quaternary nitrogens is 1. The van der Waals surface area contributed by atoms with Crippen molar-refractivity contribution in [2.75, 3.05) is 26.7 Å². The first-order valence-electron chi connectivity index (χ1n) is 8.77. The third-order valence-corrected chi connectivity index (χ3v) is 6.36. The topological polar surface area (TPSA) is 61.4 Å². The second-order valence-corrected chi connectivity index (χ2v) is 8.43. The molecule has 3 rings (SSSR count). The third kappa shape index (κ3) is 3.83. The van der Waals surface area contributed by atoms with E-state index in [1.807, 2.05) is 12.1 Å². The van der Waals surface area contributed by atoms with Gasteiger partial charge in [0.15, 0.2) is 6.54 Å². The Hall–Kier alpha value is -1.97. The molecule has 25 heavy (non-hydrogen) atoms. The predicted octanol–water partition coefficient (Wildman–Crippen LogP) is 1.82. The molecular weight excluding hydrogens is 332 g/mol. The number of rotatable bonds is 4.